The van der Waals surface area contributed by atoms with Crippen molar-refractivity contribution in [1.29, 1.82) is 0 Å². The molecule has 8 heteroatoms. The molecular formula is C15H25NO7. The third-order valence-electron chi connectivity index (χ3n) is 3.16. The molecule has 0 fully saturated rings. The molecule has 23 heavy (non-hydrogen) atoms. The number of hydrogen-bond donors (Lipinski definition) is 2. The van der Waals surface area contributed by atoms with Crippen molar-refractivity contribution in [3.8, 4) is 0 Å². The van der Waals surface area contributed by atoms with E-state index in [1.807, 2.05) is 6.92 Å². The lowest BCUT2D eigenvalue weighted by atomic mass is 10.1. The maximum Gasteiger partial charge on any atom is 0.308 e. The molecule has 0 heterocycles. The van der Waals surface area contributed by atoms with Crippen molar-refractivity contribution in [2.45, 2.75) is 46.1 Å². The normalized spacial score (nSPS) is 13.0. The number of esters is 1. The first-order valence-electron chi connectivity index (χ1n) is 7.53. The molecule has 0 aromatic rings. The molecule has 1 amide bonds. The molecule has 0 aliphatic carbocycles. The Labute approximate surface area is 135 Å². The summed E-state index contributed by atoms with van der Waals surface area (Å²) < 4.78 is 10.1. The number of amides is 1. The second-order valence-electron chi connectivity index (χ2n) is 5.17. The number of carbonyl (C=O) groups is 4. The van der Waals surface area contributed by atoms with E-state index in [9.17, 15) is 19.2 Å². The Kier molecular flexibility index (Phi) is 10.6. The Morgan fingerprint density at radius 3 is 2.30 bits per heavy atom. The van der Waals surface area contributed by atoms with E-state index in [0.717, 1.165) is 0 Å². The largest absolute Gasteiger partial charge is 0.481 e. The number of ether oxygens (including phenoxy) is 2. The number of carboxylic acid groups (broad SMARTS) is 1. The minimum Gasteiger partial charge on any atom is -0.481 e. The summed E-state index contributed by atoms with van der Waals surface area (Å²) in [5.74, 6) is -2.49. The van der Waals surface area contributed by atoms with Gasteiger partial charge in [-0.3, -0.25) is 19.2 Å². The maximum atomic E-state index is 11.6. The fraction of sp³-hybridized carbons (Fsp3) is 0.733. The van der Waals surface area contributed by atoms with Gasteiger partial charge in [-0.25, -0.2) is 0 Å². The summed E-state index contributed by atoms with van der Waals surface area (Å²) in [5, 5.41) is 11.0. The fourth-order valence-corrected chi connectivity index (χ4v) is 1.51. The topological polar surface area (TPSA) is 119 Å². The molecule has 132 valence electrons. The molecular weight excluding hydrogens is 306 g/mol. The van der Waals surface area contributed by atoms with E-state index in [4.69, 9.17) is 14.6 Å². The second-order valence-corrected chi connectivity index (χ2v) is 5.17. The number of carbonyl (C=O) groups excluding carboxylic acids is 3. The summed E-state index contributed by atoms with van der Waals surface area (Å²) in [6.45, 7) is 5.25. The lowest BCUT2D eigenvalue weighted by Gasteiger charge is -2.14. The van der Waals surface area contributed by atoms with E-state index in [2.05, 4.69) is 5.32 Å². The van der Waals surface area contributed by atoms with Gasteiger partial charge < -0.3 is 19.9 Å². The second kappa shape index (κ2) is 11.6. The van der Waals surface area contributed by atoms with Crippen molar-refractivity contribution >= 4 is 23.6 Å². The highest BCUT2D eigenvalue weighted by molar-refractivity contribution is 5.90. The van der Waals surface area contributed by atoms with Crippen LogP contribution in [0.5, 0.6) is 0 Å². The molecule has 8 nitrogen and oxygen atoms in total. The number of ketones is 1. The highest BCUT2D eigenvalue weighted by atomic mass is 16.6. The van der Waals surface area contributed by atoms with Crippen LogP contribution in [-0.2, 0) is 28.7 Å². The predicted molar refractivity (Wildman–Crippen MR) is 80.7 cm³/mol. The van der Waals surface area contributed by atoms with Gasteiger partial charge in [-0.1, -0.05) is 13.8 Å². The van der Waals surface area contributed by atoms with Gasteiger partial charge >= 0.3 is 11.9 Å². The number of hydrogen-bond acceptors (Lipinski definition) is 6. The van der Waals surface area contributed by atoms with E-state index in [-0.39, 0.29) is 38.1 Å². The van der Waals surface area contributed by atoms with Crippen molar-refractivity contribution in [1.82, 2.24) is 5.32 Å². The number of nitrogens with one attached hydrogen (secondary N) is 1. The Morgan fingerprint density at radius 2 is 1.78 bits per heavy atom. The Balaban J connectivity index is 3.83. The van der Waals surface area contributed by atoms with E-state index >= 15 is 0 Å². The maximum absolute atomic E-state index is 11.6. The predicted octanol–water partition coefficient (Wildman–Crippen LogP) is 0.531. The van der Waals surface area contributed by atoms with E-state index < -0.39 is 30.1 Å². The monoisotopic (exact) mass is 331 g/mol. The molecule has 0 aliphatic rings. The zero-order chi connectivity index (χ0) is 17.8. The highest BCUT2D eigenvalue weighted by Gasteiger charge is 2.20. The quantitative estimate of drug-likeness (QED) is 0.395. The molecule has 2 N–H and O–H groups in total. The van der Waals surface area contributed by atoms with E-state index in [1.165, 1.54) is 6.92 Å². The Hall–Kier alpha value is -1.96. The summed E-state index contributed by atoms with van der Waals surface area (Å²) in [4.78, 5) is 44.8. The molecule has 0 radical (unpaired) electrons. The minimum absolute atomic E-state index is 0.0112. The Morgan fingerprint density at radius 1 is 1.13 bits per heavy atom. The van der Waals surface area contributed by atoms with Crippen LogP contribution in [0.3, 0.4) is 0 Å². The SMILES string of the molecule is CCC(C)C(=O)OCCOCCC(=O)NC(CC(=O)O)C(C)=O. The average Bonchev–Trinajstić information content (AvgIpc) is 2.48. The van der Waals surface area contributed by atoms with Gasteiger partial charge in [-0.05, 0) is 13.3 Å². The van der Waals surface area contributed by atoms with Gasteiger partial charge in [0.25, 0.3) is 0 Å². The number of Topliss-reactive ketones (excluding diaryl/α,β-unsaturated/α-hetero) is 1. The summed E-state index contributed by atoms with van der Waals surface area (Å²) >= 11 is 0. The van der Waals surface area contributed by atoms with E-state index in [1.54, 1.807) is 6.92 Å². The zero-order valence-corrected chi connectivity index (χ0v) is 13.8. The Bertz CT molecular complexity index is 422. The van der Waals surface area contributed by atoms with Crippen LogP contribution in [0.2, 0.25) is 0 Å². The summed E-state index contributed by atoms with van der Waals surface area (Å²) in [6.07, 6.45) is 0.240. The van der Waals surface area contributed by atoms with E-state index in [0.29, 0.717) is 6.42 Å². The summed E-state index contributed by atoms with van der Waals surface area (Å²) in [7, 11) is 0. The molecule has 0 rings (SSSR count). The third kappa shape index (κ3) is 10.4. The van der Waals surface area contributed by atoms with Crippen LogP contribution in [-0.4, -0.2) is 54.6 Å². The zero-order valence-electron chi connectivity index (χ0n) is 13.8. The average molecular weight is 331 g/mol. The van der Waals surface area contributed by atoms with Gasteiger partial charge in [0.15, 0.2) is 5.78 Å². The third-order valence-corrected chi connectivity index (χ3v) is 3.16. The standard InChI is InChI=1S/C15H25NO7/c1-4-10(2)15(21)23-8-7-22-6-5-13(18)16-12(11(3)17)9-14(19)20/h10,12H,4-9H2,1-3H3,(H,16,18)(H,19,20). The molecule has 0 spiro atoms. The van der Waals surface area contributed by atoms with Crippen LogP contribution in [0, 0.1) is 5.92 Å². The van der Waals surface area contributed by atoms with Gasteiger partial charge in [-0.2, -0.15) is 0 Å². The fourth-order valence-electron chi connectivity index (χ4n) is 1.51. The van der Waals surface area contributed by atoms with Crippen molar-refractivity contribution in [3.05, 3.63) is 0 Å². The minimum atomic E-state index is -1.16. The van der Waals surface area contributed by atoms with Gasteiger partial charge in [0, 0.05) is 6.42 Å². The smallest absolute Gasteiger partial charge is 0.308 e. The first kappa shape index (κ1) is 21.0. The molecule has 0 bridgehead atoms. The van der Waals surface area contributed by atoms with Crippen molar-refractivity contribution in [3.63, 3.8) is 0 Å². The first-order chi connectivity index (χ1) is 10.8. The number of rotatable bonds is 12. The van der Waals surface area contributed by atoms with Crippen LogP contribution in [0.15, 0.2) is 0 Å². The summed E-state index contributed by atoms with van der Waals surface area (Å²) in [6, 6.07) is -1.03. The van der Waals surface area contributed by atoms with Crippen LogP contribution in [0.4, 0.5) is 0 Å². The van der Waals surface area contributed by atoms with Crippen molar-refractivity contribution in [2.24, 2.45) is 5.92 Å². The molecule has 2 unspecified atom stereocenters. The van der Waals surface area contributed by atoms with Gasteiger partial charge in [0.05, 0.1) is 31.6 Å². The molecule has 0 aromatic heterocycles. The van der Waals surface area contributed by atoms with Gasteiger partial charge in [0.2, 0.25) is 5.91 Å². The first-order valence-corrected chi connectivity index (χ1v) is 7.53. The van der Waals surface area contributed by atoms with Gasteiger partial charge in [-0.15, -0.1) is 0 Å². The van der Waals surface area contributed by atoms with Crippen LogP contribution in [0.25, 0.3) is 0 Å². The van der Waals surface area contributed by atoms with Gasteiger partial charge in [0.1, 0.15) is 6.61 Å². The molecule has 0 aliphatic heterocycles. The highest BCUT2D eigenvalue weighted by Crippen LogP contribution is 2.02. The molecule has 0 saturated carbocycles. The van der Waals surface area contributed by atoms with Crippen LogP contribution >= 0.6 is 0 Å². The summed E-state index contributed by atoms with van der Waals surface area (Å²) in [5.41, 5.74) is 0. The van der Waals surface area contributed by atoms with Crippen molar-refractivity contribution in [2.75, 3.05) is 19.8 Å². The molecule has 0 saturated heterocycles. The van der Waals surface area contributed by atoms with Crippen LogP contribution in [0.1, 0.15) is 40.0 Å². The number of aliphatic carboxylic acids is 1. The van der Waals surface area contributed by atoms with Crippen molar-refractivity contribution < 1.29 is 33.8 Å². The lowest BCUT2D eigenvalue weighted by molar-refractivity contribution is -0.149. The lowest BCUT2D eigenvalue weighted by Crippen LogP contribution is -2.41. The number of carboxylic acids is 1. The van der Waals surface area contributed by atoms with Crippen LogP contribution < -0.4 is 5.32 Å². The molecule has 0 aromatic carbocycles. The molecule has 2 atom stereocenters.